The van der Waals surface area contributed by atoms with Gasteiger partial charge in [0, 0.05) is 25.8 Å². The highest BCUT2D eigenvalue weighted by atomic mass is 32.2. The molecule has 108 valence electrons. The molecular weight excluding hydrogens is 276 g/mol. The Balaban J connectivity index is 1.83. The summed E-state index contributed by atoms with van der Waals surface area (Å²) in [5.74, 6) is 0.523. The Bertz CT molecular complexity index is 634. The van der Waals surface area contributed by atoms with E-state index in [4.69, 9.17) is 4.74 Å². The van der Waals surface area contributed by atoms with Crippen LogP contribution in [0.2, 0.25) is 0 Å². The van der Waals surface area contributed by atoms with Crippen LogP contribution in [0.15, 0.2) is 33.6 Å². The monoisotopic (exact) mass is 294 g/mol. The van der Waals surface area contributed by atoms with E-state index in [1.54, 1.807) is 18.2 Å². The van der Waals surface area contributed by atoms with Crippen LogP contribution >= 0.6 is 0 Å². The summed E-state index contributed by atoms with van der Waals surface area (Å²) in [4.78, 5) is 2.19. The molecule has 1 saturated heterocycles. The number of ether oxygens (including phenoxy) is 1. The summed E-state index contributed by atoms with van der Waals surface area (Å²) in [6.45, 7) is 1.46. The molecule has 1 unspecified atom stereocenters. The van der Waals surface area contributed by atoms with Crippen molar-refractivity contribution in [3.63, 3.8) is 0 Å². The maximum absolute atomic E-state index is 12.0. The molecule has 0 spiro atoms. The van der Waals surface area contributed by atoms with Gasteiger partial charge in [0.1, 0.15) is 4.90 Å². The third-order valence-corrected chi connectivity index (χ3v) is 5.05. The van der Waals surface area contributed by atoms with Crippen molar-refractivity contribution in [2.45, 2.75) is 30.3 Å². The average Bonchev–Trinajstić information content (AvgIpc) is 2.73. The van der Waals surface area contributed by atoms with Crippen molar-refractivity contribution in [3.8, 4) is 0 Å². The van der Waals surface area contributed by atoms with Crippen molar-refractivity contribution in [2.24, 2.45) is 4.40 Å². The predicted octanol–water partition coefficient (Wildman–Crippen LogP) is 1.64. The number of nitrogens with zero attached hydrogens (tertiary/aromatic N) is 2. The first-order chi connectivity index (χ1) is 9.58. The lowest BCUT2D eigenvalue weighted by Crippen LogP contribution is -2.37. The molecule has 0 N–H and O–H groups in total. The van der Waals surface area contributed by atoms with Gasteiger partial charge in [-0.2, -0.15) is 8.42 Å². The van der Waals surface area contributed by atoms with E-state index in [0.29, 0.717) is 22.8 Å². The van der Waals surface area contributed by atoms with Crippen LogP contribution in [0.3, 0.4) is 0 Å². The summed E-state index contributed by atoms with van der Waals surface area (Å²) in [6.07, 6.45) is 3.46. The van der Waals surface area contributed by atoms with E-state index in [9.17, 15) is 8.42 Å². The van der Waals surface area contributed by atoms with E-state index in [1.807, 2.05) is 18.0 Å². The molecule has 1 fully saturated rings. The first-order valence-corrected chi connectivity index (χ1v) is 8.29. The van der Waals surface area contributed by atoms with E-state index >= 15 is 0 Å². The van der Waals surface area contributed by atoms with Crippen LogP contribution < -0.4 is 0 Å². The Morgan fingerprint density at radius 3 is 2.90 bits per heavy atom. The van der Waals surface area contributed by atoms with Crippen molar-refractivity contribution >= 4 is 15.9 Å². The van der Waals surface area contributed by atoms with Crippen LogP contribution in [-0.2, 0) is 14.8 Å². The number of hydrogen-bond acceptors (Lipinski definition) is 4. The molecule has 2 heterocycles. The number of hydrogen-bond donors (Lipinski definition) is 0. The highest BCUT2D eigenvalue weighted by Gasteiger charge is 2.31. The summed E-state index contributed by atoms with van der Waals surface area (Å²) >= 11 is 0. The smallest absolute Gasteiger partial charge is 0.285 e. The molecule has 0 radical (unpaired) electrons. The fourth-order valence-electron chi connectivity index (χ4n) is 2.71. The van der Waals surface area contributed by atoms with Gasteiger partial charge in [-0.05, 0) is 31.4 Å². The molecular formula is C14H18N2O3S. The molecule has 1 aromatic rings. The second kappa shape index (κ2) is 5.18. The lowest BCUT2D eigenvalue weighted by Gasteiger charge is -2.28. The molecule has 6 heteroatoms. The summed E-state index contributed by atoms with van der Waals surface area (Å²) in [5, 5.41) is 0. The molecule has 0 aliphatic carbocycles. The first-order valence-electron chi connectivity index (χ1n) is 6.85. The van der Waals surface area contributed by atoms with E-state index in [2.05, 4.69) is 4.40 Å². The lowest BCUT2D eigenvalue weighted by atomic mass is 10.1. The van der Waals surface area contributed by atoms with E-state index in [0.717, 1.165) is 19.4 Å². The van der Waals surface area contributed by atoms with Crippen LogP contribution in [0.5, 0.6) is 0 Å². The van der Waals surface area contributed by atoms with Crippen LogP contribution in [0.25, 0.3) is 0 Å². The van der Waals surface area contributed by atoms with Gasteiger partial charge in [0.05, 0.1) is 6.10 Å². The zero-order valence-electron chi connectivity index (χ0n) is 11.4. The molecule has 0 amide bonds. The molecule has 1 atom stereocenters. The van der Waals surface area contributed by atoms with Crippen LogP contribution in [0.1, 0.15) is 24.8 Å². The average molecular weight is 294 g/mol. The van der Waals surface area contributed by atoms with Gasteiger partial charge in [-0.3, -0.25) is 0 Å². The molecule has 5 nitrogen and oxygen atoms in total. The molecule has 2 aliphatic rings. The van der Waals surface area contributed by atoms with Crippen molar-refractivity contribution in [1.29, 1.82) is 0 Å². The van der Waals surface area contributed by atoms with Gasteiger partial charge in [0.15, 0.2) is 5.84 Å². The normalized spacial score (nSPS) is 24.1. The Morgan fingerprint density at radius 2 is 2.15 bits per heavy atom. The Morgan fingerprint density at radius 1 is 1.35 bits per heavy atom. The maximum Gasteiger partial charge on any atom is 0.285 e. The molecule has 20 heavy (non-hydrogen) atoms. The third kappa shape index (κ3) is 2.45. The predicted molar refractivity (Wildman–Crippen MR) is 76.4 cm³/mol. The lowest BCUT2D eigenvalue weighted by molar-refractivity contribution is 0.00724. The highest BCUT2D eigenvalue weighted by Crippen LogP contribution is 2.27. The van der Waals surface area contributed by atoms with E-state index < -0.39 is 10.0 Å². The number of fused-ring (bicyclic) bond motifs is 1. The number of sulfonamides is 1. The van der Waals surface area contributed by atoms with Gasteiger partial charge in [0.2, 0.25) is 0 Å². The van der Waals surface area contributed by atoms with E-state index in [-0.39, 0.29) is 6.10 Å². The van der Waals surface area contributed by atoms with Crippen molar-refractivity contribution in [3.05, 3.63) is 29.8 Å². The standard InChI is InChI=1S/C14H18N2O3S/c1-16(10-11-6-4-5-9-19-11)14-12-7-2-3-8-13(12)20(17,18)15-14/h2-3,7-8,11H,4-6,9-10H2,1H3. The largest absolute Gasteiger partial charge is 0.376 e. The molecule has 2 aliphatic heterocycles. The van der Waals surface area contributed by atoms with Gasteiger partial charge in [-0.1, -0.05) is 12.1 Å². The molecule has 0 saturated carbocycles. The number of likely N-dealkylation sites (N-methyl/N-ethyl adjacent to an activating group) is 1. The second-order valence-corrected chi connectivity index (χ2v) is 6.83. The Hall–Kier alpha value is -1.40. The van der Waals surface area contributed by atoms with Gasteiger partial charge < -0.3 is 9.64 Å². The second-order valence-electron chi connectivity index (χ2n) is 5.26. The van der Waals surface area contributed by atoms with Crippen LogP contribution in [0.4, 0.5) is 0 Å². The number of amidine groups is 1. The van der Waals surface area contributed by atoms with Gasteiger partial charge >= 0.3 is 0 Å². The Kier molecular flexibility index (Phi) is 3.52. The number of rotatable bonds is 2. The minimum atomic E-state index is -3.54. The van der Waals surface area contributed by atoms with Gasteiger partial charge in [-0.15, -0.1) is 4.40 Å². The minimum absolute atomic E-state index is 0.159. The van der Waals surface area contributed by atoms with Crippen LogP contribution in [0, 0.1) is 0 Å². The first kappa shape index (κ1) is 13.6. The molecule has 0 bridgehead atoms. The Labute approximate surface area is 119 Å². The van der Waals surface area contributed by atoms with Crippen LogP contribution in [-0.4, -0.2) is 45.5 Å². The quantitative estimate of drug-likeness (QED) is 0.832. The zero-order chi connectivity index (χ0) is 14.2. The molecule has 0 aromatic heterocycles. The summed E-state index contributed by atoms with van der Waals surface area (Å²) in [7, 11) is -1.67. The fraction of sp³-hybridized carbons (Fsp3) is 0.500. The SMILES string of the molecule is CN(CC1CCCCO1)C1=NS(=O)(=O)c2ccccc21. The number of benzene rings is 1. The fourth-order valence-corrected chi connectivity index (χ4v) is 3.96. The summed E-state index contributed by atoms with van der Waals surface area (Å²) in [5.41, 5.74) is 0.686. The van der Waals surface area contributed by atoms with E-state index in [1.165, 1.54) is 6.42 Å². The molecule has 1 aromatic carbocycles. The van der Waals surface area contributed by atoms with Gasteiger partial charge in [0.25, 0.3) is 10.0 Å². The summed E-state index contributed by atoms with van der Waals surface area (Å²) in [6, 6.07) is 6.96. The highest BCUT2D eigenvalue weighted by molar-refractivity contribution is 7.90. The van der Waals surface area contributed by atoms with Crippen molar-refractivity contribution < 1.29 is 13.2 Å². The van der Waals surface area contributed by atoms with Crippen molar-refractivity contribution in [2.75, 3.05) is 20.2 Å². The summed E-state index contributed by atoms with van der Waals surface area (Å²) < 4.78 is 33.6. The third-order valence-electron chi connectivity index (χ3n) is 3.73. The van der Waals surface area contributed by atoms with Crippen molar-refractivity contribution in [1.82, 2.24) is 4.90 Å². The zero-order valence-corrected chi connectivity index (χ0v) is 12.3. The molecule has 3 rings (SSSR count). The minimum Gasteiger partial charge on any atom is -0.376 e. The maximum atomic E-state index is 12.0. The van der Waals surface area contributed by atoms with Gasteiger partial charge in [-0.25, -0.2) is 0 Å². The topological polar surface area (TPSA) is 59.0 Å².